The highest BCUT2D eigenvalue weighted by molar-refractivity contribution is 7.90. The minimum absolute atomic E-state index is 0.323. The van der Waals surface area contributed by atoms with Gasteiger partial charge in [-0.1, -0.05) is 6.07 Å². The second-order valence-electron chi connectivity index (χ2n) is 10.3. The Morgan fingerprint density at radius 3 is 2.17 bits per heavy atom. The topological polar surface area (TPSA) is 68.1 Å². The Hall–Kier alpha value is -3.03. The quantitative estimate of drug-likeness (QED) is 0.368. The maximum Gasteiger partial charge on any atom is 0.175 e. The number of pyridine rings is 1. The van der Waals surface area contributed by atoms with Gasteiger partial charge in [-0.25, -0.2) is 13.4 Å². The number of nitrogens with zero attached hydrogens (tertiary/aromatic N) is 4. The van der Waals surface area contributed by atoms with E-state index in [9.17, 15) is 8.42 Å². The van der Waals surface area contributed by atoms with E-state index in [1.54, 1.807) is 12.1 Å². The van der Waals surface area contributed by atoms with Crippen LogP contribution in [0.2, 0.25) is 0 Å². The molecule has 1 fully saturated rings. The predicted octanol–water partition coefficient (Wildman–Crippen LogP) is 5.34. The molecule has 2 aromatic carbocycles. The maximum atomic E-state index is 11.8. The molecular weight excluding hydrogens is 468 g/mol. The van der Waals surface area contributed by atoms with Crippen molar-refractivity contribution in [1.29, 1.82) is 0 Å². The lowest BCUT2D eigenvalue weighted by molar-refractivity contribution is 0.204. The Balaban J connectivity index is 1.35. The van der Waals surface area contributed by atoms with Crippen molar-refractivity contribution in [2.75, 3.05) is 19.3 Å². The lowest BCUT2D eigenvalue weighted by Crippen LogP contribution is -2.32. The summed E-state index contributed by atoms with van der Waals surface area (Å²) in [6.07, 6.45) is 3.52. The number of fused-ring (bicyclic) bond motifs is 1. The summed E-state index contributed by atoms with van der Waals surface area (Å²) in [6.45, 7) is 9.43. The fourth-order valence-electron chi connectivity index (χ4n) is 5.52. The zero-order chi connectivity index (χ0) is 25.6. The average molecular weight is 503 g/mol. The van der Waals surface area contributed by atoms with Crippen LogP contribution in [0.1, 0.15) is 46.8 Å². The van der Waals surface area contributed by atoms with Gasteiger partial charge in [-0.15, -0.1) is 0 Å². The van der Waals surface area contributed by atoms with Crippen LogP contribution in [0, 0.1) is 20.8 Å². The SMILES string of the molecule is Cc1cc(CN2CCC(c3cc(C)c4nc(-c5ccc(S(C)(=O)=O)cc5)n(C)c4c3)CC2)cc(C)n1. The van der Waals surface area contributed by atoms with Crippen molar-refractivity contribution in [3.8, 4) is 11.4 Å². The van der Waals surface area contributed by atoms with E-state index in [4.69, 9.17) is 4.98 Å². The first-order valence-electron chi connectivity index (χ1n) is 12.5. The van der Waals surface area contributed by atoms with Crippen LogP contribution in [0.25, 0.3) is 22.4 Å². The molecular formula is C29H34N4O2S. The number of aromatic nitrogens is 3. The van der Waals surface area contributed by atoms with E-state index in [0.717, 1.165) is 66.3 Å². The molecule has 1 saturated heterocycles. The molecule has 0 aliphatic carbocycles. The van der Waals surface area contributed by atoms with Crippen molar-refractivity contribution in [3.63, 3.8) is 0 Å². The molecule has 2 aromatic heterocycles. The van der Waals surface area contributed by atoms with Gasteiger partial charge in [0.15, 0.2) is 9.84 Å². The monoisotopic (exact) mass is 502 g/mol. The van der Waals surface area contributed by atoms with E-state index < -0.39 is 9.84 Å². The van der Waals surface area contributed by atoms with E-state index in [0.29, 0.717) is 10.8 Å². The van der Waals surface area contributed by atoms with Crippen molar-refractivity contribution < 1.29 is 8.42 Å². The van der Waals surface area contributed by atoms with E-state index in [1.807, 2.05) is 19.2 Å². The van der Waals surface area contributed by atoms with Gasteiger partial charge in [0.25, 0.3) is 0 Å². The molecule has 0 saturated carbocycles. The fourth-order valence-corrected chi connectivity index (χ4v) is 6.15. The van der Waals surface area contributed by atoms with Crippen LogP contribution in [0.3, 0.4) is 0 Å². The number of imidazole rings is 1. The van der Waals surface area contributed by atoms with Gasteiger partial charge in [-0.2, -0.15) is 0 Å². The second kappa shape index (κ2) is 9.45. The van der Waals surface area contributed by atoms with Crippen molar-refractivity contribution in [1.82, 2.24) is 19.4 Å². The summed E-state index contributed by atoms with van der Waals surface area (Å²) < 4.78 is 25.8. The number of piperidine rings is 1. The van der Waals surface area contributed by atoms with Gasteiger partial charge in [0, 0.05) is 36.8 Å². The Bertz CT molecular complexity index is 1510. The van der Waals surface area contributed by atoms with Crippen LogP contribution in [0.5, 0.6) is 0 Å². The molecule has 0 atom stereocenters. The molecule has 0 radical (unpaired) electrons. The molecule has 1 aliphatic heterocycles. The van der Waals surface area contributed by atoms with Gasteiger partial charge in [-0.05, 0) is 112 Å². The number of hydrogen-bond donors (Lipinski definition) is 0. The molecule has 0 spiro atoms. The van der Waals surface area contributed by atoms with E-state index in [-0.39, 0.29) is 0 Å². The lowest BCUT2D eigenvalue weighted by atomic mass is 9.88. The van der Waals surface area contributed by atoms with Gasteiger partial charge in [-0.3, -0.25) is 9.88 Å². The van der Waals surface area contributed by atoms with Crippen molar-refractivity contribution in [2.45, 2.75) is 51.0 Å². The number of sulfone groups is 1. The zero-order valence-corrected chi connectivity index (χ0v) is 22.6. The number of benzene rings is 2. The molecule has 6 nitrogen and oxygen atoms in total. The minimum atomic E-state index is -3.22. The standard InChI is InChI=1S/C29H34N4O2S/c1-19-14-25(23-10-12-33(13-11-23)18-22-15-20(2)30-21(3)16-22)17-27-28(19)31-29(32(27)4)24-6-8-26(9-7-24)36(5,34)35/h6-9,14-17,23H,10-13,18H2,1-5H3. The molecule has 3 heterocycles. The summed E-state index contributed by atoms with van der Waals surface area (Å²) in [5.74, 6) is 1.39. The predicted molar refractivity (Wildman–Crippen MR) is 145 cm³/mol. The van der Waals surface area contributed by atoms with Crippen molar-refractivity contribution in [2.24, 2.45) is 7.05 Å². The molecule has 5 rings (SSSR count). The summed E-state index contributed by atoms with van der Waals surface area (Å²) in [7, 11) is -1.18. The van der Waals surface area contributed by atoms with Crippen molar-refractivity contribution >= 4 is 20.9 Å². The van der Waals surface area contributed by atoms with Crippen LogP contribution in [-0.4, -0.2) is 47.2 Å². The highest BCUT2D eigenvalue weighted by Gasteiger charge is 2.23. The second-order valence-corrected chi connectivity index (χ2v) is 12.3. The largest absolute Gasteiger partial charge is 0.327 e. The van der Waals surface area contributed by atoms with Crippen LogP contribution in [0.4, 0.5) is 0 Å². The summed E-state index contributed by atoms with van der Waals surface area (Å²) in [4.78, 5) is 12.3. The van der Waals surface area contributed by atoms with E-state index >= 15 is 0 Å². The molecule has 0 amide bonds. The Labute approximate surface area is 213 Å². The van der Waals surface area contributed by atoms with Crippen LogP contribution in [0.15, 0.2) is 53.4 Å². The first kappa shape index (κ1) is 24.7. The normalized spacial score (nSPS) is 15.6. The maximum absolute atomic E-state index is 11.8. The first-order chi connectivity index (χ1) is 17.1. The molecule has 188 valence electrons. The van der Waals surface area contributed by atoms with Gasteiger partial charge in [0.05, 0.1) is 15.9 Å². The summed E-state index contributed by atoms with van der Waals surface area (Å²) in [5, 5.41) is 0. The Kier molecular flexibility index (Phi) is 6.47. The van der Waals surface area contributed by atoms with E-state index in [2.05, 4.69) is 59.5 Å². The van der Waals surface area contributed by atoms with Gasteiger partial charge >= 0.3 is 0 Å². The van der Waals surface area contributed by atoms with Crippen LogP contribution < -0.4 is 0 Å². The third-order valence-electron chi connectivity index (χ3n) is 7.35. The number of hydrogen-bond acceptors (Lipinski definition) is 5. The number of aryl methyl sites for hydroxylation is 4. The minimum Gasteiger partial charge on any atom is -0.327 e. The summed E-state index contributed by atoms with van der Waals surface area (Å²) in [5.41, 5.74) is 9.14. The zero-order valence-electron chi connectivity index (χ0n) is 21.7. The molecule has 0 bridgehead atoms. The Morgan fingerprint density at radius 2 is 1.56 bits per heavy atom. The van der Waals surface area contributed by atoms with Gasteiger partial charge in [0.2, 0.25) is 0 Å². The molecule has 7 heteroatoms. The van der Waals surface area contributed by atoms with E-state index in [1.165, 1.54) is 22.9 Å². The molecule has 4 aromatic rings. The summed E-state index contributed by atoms with van der Waals surface area (Å²) in [6, 6.07) is 16.0. The molecule has 0 unspecified atom stereocenters. The number of rotatable bonds is 5. The summed E-state index contributed by atoms with van der Waals surface area (Å²) >= 11 is 0. The van der Waals surface area contributed by atoms with Gasteiger partial charge in [0.1, 0.15) is 5.82 Å². The third-order valence-corrected chi connectivity index (χ3v) is 8.48. The Morgan fingerprint density at radius 1 is 0.917 bits per heavy atom. The van der Waals surface area contributed by atoms with Gasteiger partial charge < -0.3 is 4.57 Å². The highest BCUT2D eigenvalue weighted by atomic mass is 32.2. The number of likely N-dealkylation sites (tertiary alicyclic amines) is 1. The van der Waals surface area contributed by atoms with Crippen molar-refractivity contribution in [3.05, 3.63) is 76.6 Å². The smallest absolute Gasteiger partial charge is 0.175 e. The van der Waals surface area contributed by atoms with Crippen LogP contribution >= 0.6 is 0 Å². The average Bonchev–Trinajstić information content (AvgIpc) is 3.15. The fraction of sp³-hybridized carbons (Fsp3) is 0.379. The molecule has 1 aliphatic rings. The van der Waals surface area contributed by atoms with Crippen LogP contribution in [-0.2, 0) is 23.4 Å². The molecule has 36 heavy (non-hydrogen) atoms. The first-order valence-corrected chi connectivity index (χ1v) is 14.4. The molecule has 0 N–H and O–H groups in total. The lowest BCUT2D eigenvalue weighted by Gasteiger charge is -2.32. The third kappa shape index (κ3) is 4.95. The highest BCUT2D eigenvalue weighted by Crippen LogP contribution is 2.34.